The molecule has 1 amide bonds. The number of rotatable bonds is 9. The number of benzene rings is 2. The van der Waals surface area contributed by atoms with Crippen LogP contribution in [0.25, 0.3) is 0 Å². The summed E-state index contributed by atoms with van der Waals surface area (Å²) in [4.78, 5) is 22.3. The molecule has 0 radical (unpaired) electrons. The van der Waals surface area contributed by atoms with E-state index in [-0.39, 0.29) is 30.2 Å². The number of methoxy groups -OCH3 is 1. The van der Waals surface area contributed by atoms with Gasteiger partial charge in [0.25, 0.3) is 5.91 Å². The van der Waals surface area contributed by atoms with Gasteiger partial charge in [-0.3, -0.25) is 4.79 Å². The maximum absolute atomic E-state index is 13.5. The minimum Gasteiger partial charge on any atom is -0.398 e. The van der Waals surface area contributed by atoms with Crippen LogP contribution in [0.3, 0.4) is 0 Å². The van der Waals surface area contributed by atoms with Gasteiger partial charge in [-0.1, -0.05) is 34.0 Å². The third kappa shape index (κ3) is 5.98. The Bertz CT molecular complexity index is 947. The molecule has 30 heavy (non-hydrogen) atoms. The van der Waals surface area contributed by atoms with Crippen LogP contribution in [0.2, 0.25) is 5.02 Å². The lowest BCUT2D eigenvalue weighted by Crippen LogP contribution is -2.29. The molecule has 0 fully saturated rings. The first-order chi connectivity index (χ1) is 14.4. The van der Waals surface area contributed by atoms with Crippen LogP contribution < -0.4 is 5.32 Å². The number of nitrogens with one attached hydrogen (secondary N) is 1. The van der Waals surface area contributed by atoms with Crippen molar-refractivity contribution in [2.24, 2.45) is 10.3 Å². The number of oxime groups is 2. The minimum atomic E-state index is -0.756. The number of hydrogen-bond acceptors (Lipinski definition) is 6. The zero-order valence-corrected chi connectivity index (χ0v) is 17.3. The molecule has 0 unspecified atom stereocenters. The van der Waals surface area contributed by atoms with Gasteiger partial charge in [-0.15, -0.1) is 0 Å². The van der Waals surface area contributed by atoms with Crippen molar-refractivity contribution in [1.82, 2.24) is 5.32 Å². The molecule has 10 heteroatoms. The minimum absolute atomic E-state index is 0.00519. The molecule has 2 aromatic carbocycles. The molecular weight excluding hydrogens is 420 g/mol. The molecule has 0 spiro atoms. The largest absolute Gasteiger partial charge is 0.398 e. The van der Waals surface area contributed by atoms with Crippen molar-refractivity contribution >= 4 is 28.9 Å². The molecular formula is C20H20ClF2N3O4. The van der Waals surface area contributed by atoms with Crippen LogP contribution in [0.5, 0.6) is 0 Å². The number of likely N-dealkylation sites (N-methyl/N-ethyl adjacent to an activating group) is 1. The van der Waals surface area contributed by atoms with Crippen LogP contribution in [0, 0.1) is 11.6 Å². The van der Waals surface area contributed by atoms with Crippen LogP contribution in [-0.2, 0) is 25.8 Å². The number of halogens is 3. The van der Waals surface area contributed by atoms with Crippen LogP contribution in [0.1, 0.15) is 16.7 Å². The molecule has 0 aliphatic heterocycles. The summed E-state index contributed by atoms with van der Waals surface area (Å²) in [5, 5.41) is 10.5. The number of carbonyl (C=O) groups is 1. The summed E-state index contributed by atoms with van der Waals surface area (Å²) in [6.45, 7) is -0.202. The molecule has 2 rings (SSSR count). The van der Waals surface area contributed by atoms with Crippen molar-refractivity contribution in [3.05, 3.63) is 69.7 Å². The van der Waals surface area contributed by atoms with E-state index in [9.17, 15) is 13.6 Å². The highest BCUT2D eigenvalue weighted by Crippen LogP contribution is 2.22. The summed E-state index contributed by atoms with van der Waals surface area (Å²) in [5.41, 5.74) is 1.13. The Kier molecular flexibility index (Phi) is 8.70. The van der Waals surface area contributed by atoms with E-state index in [1.165, 1.54) is 21.3 Å². The van der Waals surface area contributed by atoms with E-state index >= 15 is 0 Å². The SMILES string of the molecule is CNC(=O)/C(=N/OC)c1cccc(Cl)c1CO/N=C(\COC)c1cc(F)cc(F)c1. The molecule has 0 aliphatic carbocycles. The van der Waals surface area contributed by atoms with Crippen molar-refractivity contribution in [2.45, 2.75) is 6.61 Å². The molecule has 1 N–H and O–H groups in total. The molecule has 0 bridgehead atoms. The van der Waals surface area contributed by atoms with Gasteiger partial charge in [-0.05, 0) is 18.2 Å². The van der Waals surface area contributed by atoms with Gasteiger partial charge in [-0.2, -0.15) is 0 Å². The van der Waals surface area contributed by atoms with E-state index in [0.29, 0.717) is 16.1 Å². The van der Waals surface area contributed by atoms with Crippen LogP contribution >= 0.6 is 11.6 Å². The quantitative estimate of drug-likeness (QED) is 0.480. The zero-order chi connectivity index (χ0) is 22.1. The predicted molar refractivity (Wildman–Crippen MR) is 109 cm³/mol. The Morgan fingerprint density at radius 1 is 1.13 bits per heavy atom. The van der Waals surface area contributed by atoms with Crippen molar-refractivity contribution in [2.75, 3.05) is 27.9 Å². The van der Waals surface area contributed by atoms with E-state index < -0.39 is 17.5 Å². The van der Waals surface area contributed by atoms with E-state index in [2.05, 4.69) is 15.6 Å². The maximum atomic E-state index is 13.5. The van der Waals surface area contributed by atoms with Crippen LogP contribution in [-0.4, -0.2) is 45.2 Å². The predicted octanol–water partition coefficient (Wildman–Crippen LogP) is 3.28. The van der Waals surface area contributed by atoms with E-state index in [4.69, 9.17) is 26.0 Å². The van der Waals surface area contributed by atoms with Gasteiger partial charge >= 0.3 is 0 Å². The third-order valence-corrected chi connectivity index (χ3v) is 4.21. The maximum Gasteiger partial charge on any atom is 0.273 e. The number of hydrogen-bond donors (Lipinski definition) is 1. The summed E-state index contributed by atoms with van der Waals surface area (Å²) >= 11 is 6.28. The average molecular weight is 440 g/mol. The number of carbonyl (C=O) groups excluding carboxylic acids is 1. The number of nitrogens with zero attached hydrogens (tertiary/aromatic N) is 2. The molecule has 0 saturated carbocycles. The Labute approximate surface area is 177 Å². The lowest BCUT2D eigenvalue weighted by Gasteiger charge is -2.12. The van der Waals surface area contributed by atoms with Crippen LogP contribution in [0.15, 0.2) is 46.7 Å². The monoisotopic (exact) mass is 439 g/mol. The highest BCUT2D eigenvalue weighted by Gasteiger charge is 2.20. The molecule has 7 nitrogen and oxygen atoms in total. The Morgan fingerprint density at radius 3 is 2.43 bits per heavy atom. The van der Waals surface area contributed by atoms with Crippen LogP contribution in [0.4, 0.5) is 8.78 Å². The standard InChI is InChI=1S/C20H20ClF2N3O4/c1-24-20(27)19(26-29-3)15-5-4-6-17(21)16(15)10-30-25-18(11-28-2)12-7-13(22)9-14(23)8-12/h4-9H,10-11H2,1-3H3,(H,24,27)/b25-18+,26-19+. The van der Waals surface area contributed by atoms with Gasteiger partial charge in [0, 0.05) is 41.9 Å². The summed E-state index contributed by atoms with van der Waals surface area (Å²) in [5.74, 6) is -2.00. The molecule has 2 aromatic rings. The molecule has 0 atom stereocenters. The second-order valence-electron chi connectivity index (χ2n) is 5.87. The zero-order valence-electron chi connectivity index (χ0n) is 16.5. The van der Waals surface area contributed by atoms with Crippen molar-refractivity contribution in [3.8, 4) is 0 Å². The Morgan fingerprint density at radius 2 is 1.83 bits per heavy atom. The molecule has 0 saturated heterocycles. The average Bonchev–Trinajstić information content (AvgIpc) is 2.71. The van der Waals surface area contributed by atoms with Gasteiger partial charge < -0.3 is 19.7 Å². The first-order valence-electron chi connectivity index (χ1n) is 8.66. The molecule has 0 aliphatic rings. The van der Waals surface area contributed by atoms with Crippen molar-refractivity contribution in [3.63, 3.8) is 0 Å². The fourth-order valence-corrected chi connectivity index (χ4v) is 2.77. The fourth-order valence-electron chi connectivity index (χ4n) is 2.54. The molecule has 0 heterocycles. The number of amides is 1. The number of ether oxygens (including phenoxy) is 1. The van der Waals surface area contributed by atoms with E-state index in [0.717, 1.165) is 18.2 Å². The Hall–Kier alpha value is -3.04. The lowest BCUT2D eigenvalue weighted by molar-refractivity contribution is -0.114. The fraction of sp³-hybridized carbons (Fsp3) is 0.250. The second kappa shape index (κ2) is 11.2. The van der Waals surface area contributed by atoms with Gasteiger partial charge in [-0.25, -0.2) is 8.78 Å². The lowest BCUT2D eigenvalue weighted by atomic mass is 10.0. The van der Waals surface area contributed by atoms with Gasteiger partial charge in [0.1, 0.15) is 31.1 Å². The third-order valence-electron chi connectivity index (χ3n) is 3.86. The van der Waals surface area contributed by atoms with Gasteiger partial charge in [0.05, 0.1) is 6.61 Å². The van der Waals surface area contributed by atoms with Crippen molar-refractivity contribution < 1.29 is 28.0 Å². The summed E-state index contributed by atoms with van der Waals surface area (Å²) < 4.78 is 32.1. The van der Waals surface area contributed by atoms with E-state index in [1.807, 2.05) is 0 Å². The Balaban J connectivity index is 2.35. The first-order valence-corrected chi connectivity index (χ1v) is 9.04. The topological polar surface area (TPSA) is 81.5 Å². The molecule has 160 valence electrons. The normalized spacial score (nSPS) is 11.9. The highest BCUT2D eigenvalue weighted by atomic mass is 35.5. The highest BCUT2D eigenvalue weighted by molar-refractivity contribution is 6.46. The first kappa shape index (κ1) is 23.2. The smallest absolute Gasteiger partial charge is 0.273 e. The summed E-state index contributed by atoms with van der Waals surface area (Å²) in [7, 11) is 4.17. The van der Waals surface area contributed by atoms with E-state index in [1.54, 1.807) is 18.2 Å². The van der Waals surface area contributed by atoms with Gasteiger partial charge in [0.2, 0.25) is 0 Å². The second-order valence-corrected chi connectivity index (χ2v) is 6.28. The van der Waals surface area contributed by atoms with Crippen molar-refractivity contribution in [1.29, 1.82) is 0 Å². The summed E-state index contributed by atoms with van der Waals surface area (Å²) in [6, 6.07) is 7.85. The molecule has 0 aromatic heterocycles. The van der Waals surface area contributed by atoms with Gasteiger partial charge in [0.15, 0.2) is 5.71 Å². The summed E-state index contributed by atoms with van der Waals surface area (Å²) in [6.07, 6.45) is 0.